The minimum absolute atomic E-state index is 0.237. The van der Waals surface area contributed by atoms with E-state index in [-0.39, 0.29) is 12.4 Å². The molecular formula is C12H16FNOS. The van der Waals surface area contributed by atoms with E-state index >= 15 is 0 Å². The quantitative estimate of drug-likeness (QED) is 0.844. The van der Waals surface area contributed by atoms with Crippen LogP contribution >= 0.6 is 11.8 Å². The van der Waals surface area contributed by atoms with Crippen LogP contribution < -0.4 is 5.32 Å². The summed E-state index contributed by atoms with van der Waals surface area (Å²) >= 11 is 1.96. The van der Waals surface area contributed by atoms with E-state index in [1.165, 1.54) is 18.2 Å². The maximum Gasteiger partial charge on any atom is 0.128 e. The average Bonchev–Trinajstić information content (AvgIpc) is 2.81. The second-order valence-electron chi connectivity index (χ2n) is 4.03. The molecule has 0 radical (unpaired) electrons. The van der Waals surface area contributed by atoms with Crippen LogP contribution in [0.2, 0.25) is 0 Å². The number of hydrogen-bond donors (Lipinski definition) is 2. The van der Waals surface area contributed by atoms with Gasteiger partial charge in [-0.25, -0.2) is 4.39 Å². The lowest BCUT2D eigenvalue weighted by molar-refractivity contribution is 0.275. The van der Waals surface area contributed by atoms with Crippen LogP contribution in [0.5, 0.6) is 0 Å². The maximum atomic E-state index is 13.1. The summed E-state index contributed by atoms with van der Waals surface area (Å²) in [6.45, 7) is 0.511. The zero-order valence-electron chi connectivity index (χ0n) is 9.08. The Balaban J connectivity index is 1.93. The zero-order chi connectivity index (χ0) is 11.4. The first-order valence-corrected chi connectivity index (χ1v) is 6.64. The van der Waals surface area contributed by atoms with E-state index in [4.69, 9.17) is 5.11 Å². The summed E-state index contributed by atoms with van der Waals surface area (Å²) in [5, 5.41) is 12.4. The highest BCUT2D eigenvalue weighted by Gasteiger charge is 2.14. The predicted molar refractivity (Wildman–Crippen MR) is 64.9 cm³/mol. The Hall–Kier alpha value is -0.580. The van der Waals surface area contributed by atoms with Crippen LogP contribution in [-0.2, 0) is 13.2 Å². The number of rotatable bonds is 4. The van der Waals surface area contributed by atoms with Crippen LogP contribution in [0.4, 0.5) is 4.39 Å². The molecule has 0 spiro atoms. The van der Waals surface area contributed by atoms with E-state index in [0.29, 0.717) is 11.6 Å². The number of hydrogen-bond acceptors (Lipinski definition) is 3. The Morgan fingerprint density at radius 1 is 1.50 bits per heavy atom. The van der Waals surface area contributed by atoms with Gasteiger partial charge < -0.3 is 10.4 Å². The highest BCUT2D eigenvalue weighted by Crippen LogP contribution is 2.18. The lowest BCUT2D eigenvalue weighted by Crippen LogP contribution is -2.28. The maximum absolute atomic E-state index is 13.1. The van der Waals surface area contributed by atoms with Gasteiger partial charge in [-0.15, -0.1) is 0 Å². The molecular weight excluding hydrogens is 225 g/mol. The number of benzene rings is 1. The Bertz CT molecular complexity index is 353. The molecule has 1 aliphatic heterocycles. The van der Waals surface area contributed by atoms with E-state index in [2.05, 4.69) is 5.32 Å². The van der Waals surface area contributed by atoms with Crippen LogP contribution in [-0.4, -0.2) is 22.7 Å². The molecule has 1 unspecified atom stereocenters. The van der Waals surface area contributed by atoms with Crippen LogP contribution in [0.15, 0.2) is 18.2 Å². The highest BCUT2D eigenvalue weighted by atomic mass is 32.2. The molecule has 88 valence electrons. The summed E-state index contributed by atoms with van der Waals surface area (Å²) in [6, 6.07) is 5.49. The van der Waals surface area contributed by atoms with Crippen molar-refractivity contribution in [2.45, 2.75) is 25.6 Å². The van der Waals surface area contributed by atoms with Crippen molar-refractivity contribution in [1.82, 2.24) is 5.32 Å². The molecule has 0 aliphatic carbocycles. The molecule has 4 heteroatoms. The third-order valence-electron chi connectivity index (χ3n) is 2.81. The molecule has 1 fully saturated rings. The molecule has 1 atom stereocenters. The molecule has 0 saturated carbocycles. The van der Waals surface area contributed by atoms with Crippen molar-refractivity contribution in [3.05, 3.63) is 35.1 Å². The lowest BCUT2D eigenvalue weighted by atomic mass is 10.1. The lowest BCUT2D eigenvalue weighted by Gasteiger charge is -2.11. The fourth-order valence-corrected chi connectivity index (χ4v) is 3.00. The smallest absolute Gasteiger partial charge is 0.128 e. The summed E-state index contributed by atoms with van der Waals surface area (Å²) in [4.78, 5) is 0. The van der Waals surface area contributed by atoms with Gasteiger partial charge in [0.1, 0.15) is 5.82 Å². The van der Waals surface area contributed by atoms with E-state index < -0.39 is 0 Å². The number of halogens is 1. The van der Waals surface area contributed by atoms with Crippen molar-refractivity contribution in [1.29, 1.82) is 0 Å². The van der Waals surface area contributed by atoms with Crippen molar-refractivity contribution in [2.24, 2.45) is 0 Å². The first kappa shape index (κ1) is 11.9. The Labute approximate surface area is 99.2 Å². The predicted octanol–water partition coefficient (Wildman–Crippen LogP) is 1.91. The van der Waals surface area contributed by atoms with Crippen LogP contribution in [0, 0.1) is 5.82 Å². The summed E-state index contributed by atoms with van der Waals surface area (Å²) in [7, 11) is 0. The molecule has 1 aliphatic rings. The number of nitrogens with one attached hydrogen (secondary N) is 1. The standard InChI is InChI=1S/C12H16FNOS/c13-12-2-1-9(5-10(12)7-15)6-14-11-3-4-16-8-11/h1-2,5,11,14-15H,3-4,6-8H2. The molecule has 2 N–H and O–H groups in total. The molecule has 2 nitrogen and oxygen atoms in total. The second kappa shape index (κ2) is 5.66. The number of thioether (sulfide) groups is 1. The highest BCUT2D eigenvalue weighted by molar-refractivity contribution is 7.99. The molecule has 1 aromatic carbocycles. The molecule has 2 rings (SSSR count). The fraction of sp³-hybridized carbons (Fsp3) is 0.500. The average molecular weight is 241 g/mol. The molecule has 1 aromatic rings. The van der Waals surface area contributed by atoms with Gasteiger partial charge in [0.05, 0.1) is 6.61 Å². The van der Waals surface area contributed by atoms with Gasteiger partial charge in [-0.05, 0) is 29.9 Å². The topological polar surface area (TPSA) is 32.3 Å². The van der Waals surface area contributed by atoms with Crippen molar-refractivity contribution >= 4 is 11.8 Å². The number of aliphatic hydroxyl groups is 1. The third kappa shape index (κ3) is 2.97. The van der Waals surface area contributed by atoms with Crippen LogP contribution in [0.3, 0.4) is 0 Å². The first-order chi connectivity index (χ1) is 7.79. The van der Waals surface area contributed by atoms with E-state index in [1.54, 1.807) is 12.1 Å². The molecule has 0 aromatic heterocycles. The molecule has 0 bridgehead atoms. The van der Waals surface area contributed by atoms with Gasteiger partial charge in [-0.1, -0.05) is 6.07 Å². The van der Waals surface area contributed by atoms with E-state index in [0.717, 1.165) is 17.9 Å². The molecule has 1 heterocycles. The largest absolute Gasteiger partial charge is 0.392 e. The normalized spacial score (nSPS) is 20.2. The minimum Gasteiger partial charge on any atom is -0.392 e. The monoisotopic (exact) mass is 241 g/mol. The summed E-state index contributed by atoms with van der Waals surface area (Å²) in [6.07, 6.45) is 1.21. The fourth-order valence-electron chi connectivity index (χ4n) is 1.82. The van der Waals surface area contributed by atoms with Crippen LogP contribution in [0.25, 0.3) is 0 Å². The van der Waals surface area contributed by atoms with Gasteiger partial charge in [0.25, 0.3) is 0 Å². The first-order valence-electron chi connectivity index (χ1n) is 5.49. The minimum atomic E-state index is -0.331. The van der Waals surface area contributed by atoms with Crippen molar-refractivity contribution in [3.63, 3.8) is 0 Å². The summed E-state index contributed by atoms with van der Waals surface area (Å²) in [5.41, 5.74) is 1.41. The summed E-state index contributed by atoms with van der Waals surface area (Å²) in [5.74, 6) is 2.06. The van der Waals surface area contributed by atoms with Crippen molar-refractivity contribution in [2.75, 3.05) is 11.5 Å². The Kier molecular flexibility index (Phi) is 4.21. The van der Waals surface area contributed by atoms with Crippen molar-refractivity contribution < 1.29 is 9.50 Å². The Morgan fingerprint density at radius 2 is 2.38 bits per heavy atom. The zero-order valence-corrected chi connectivity index (χ0v) is 9.89. The van der Waals surface area contributed by atoms with Gasteiger partial charge in [0.2, 0.25) is 0 Å². The van der Waals surface area contributed by atoms with Gasteiger partial charge >= 0.3 is 0 Å². The summed E-state index contributed by atoms with van der Waals surface area (Å²) < 4.78 is 13.1. The van der Waals surface area contributed by atoms with Crippen LogP contribution in [0.1, 0.15) is 17.5 Å². The number of aliphatic hydroxyl groups excluding tert-OH is 1. The van der Waals surface area contributed by atoms with Gasteiger partial charge in [-0.2, -0.15) is 11.8 Å². The molecule has 0 amide bonds. The van der Waals surface area contributed by atoms with Gasteiger partial charge in [0, 0.05) is 23.9 Å². The van der Waals surface area contributed by atoms with Crippen molar-refractivity contribution in [3.8, 4) is 0 Å². The van der Waals surface area contributed by atoms with E-state index in [1.807, 2.05) is 11.8 Å². The third-order valence-corrected chi connectivity index (χ3v) is 3.97. The SMILES string of the molecule is OCc1cc(CNC2CCSC2)ccc1F. The molecule has 16 heavy (non-hydrogen) atoms. The van der Waals surface area contributed by atoms with E-state index in [9.17, 15) is 4.39 Å². The second-order valence-corrected chi connectivity index (χ2v) is 5.18. The van der Waals surface area contributed by atoms with Gasteiger partial charge in [-0.3, -0.25) is 0 Å². The Morgan fingerprint density at radius 3 is 3.06 bits per heavy atom. The molecule has 1 saturated heterocycles. The van der Waals surface area contributed by atoms with Gasteiger partial charge in [0.15, 0.2) is 0 Å².